The number of carbonyl (C=O) groups is 2. The van der Waals surface area contributed by atoms with Crippen molar-refractivity contribution in [2.24, 2.45) is 0 Å². The summed E-state index contributed by atoms with van der Waals surface area (Å²) >= 11 is 0. The smallest absolute Gasteiger partial charge is 0.290 e. The number of nitrogens with one attached hydrogen (secondary N) is 2. The van der Waals surface area contributed by atoms with Crippen LogP contribution >= 0.6 is 0 Å². The first kappa shape index (κ1) is 19.7. The van der Waals surface area contributed by atoms with Crippen molar-refractivity contribution in [3.63, 3.8) is 0 Å². The Morgan fingerprint density at radius 3 is 2.21 bits per heavy atom. The van der Waals surface area contributed by atoms with Crippen LogP contribution < -0.4 is 15.2 Å². The topological polar surface area (TPSA) is 105 Å². The van der Waals surface area contributed by atoms with Crippen LogP contribution in [0.5, 0.6) is 0 Å². The van der Waals surface area contributed by atoms with E-state index in [2.05, 4.69) is 10.6 Å². The Kier molecular flexibility index (Phi) is 6.26. The summed E-state index contributed by atoms with van der Waals surface area (Å²) in [5.74, 6) is -0.485. The molecule has 1 aromatic heterocycles. The Morgan fingerprint density at radius 2 is 1.59 bits per heavy atom. The Bertz CT molecular complexity index is 1000. The number of anilines is 1. The van der Waals surface area contributed by atoms with E-state index < -0.39 is 4.92 Å². The second-order valence-corrected chi connectivity index (χ2v) is 6.28. The largest absolute Gasteiger partial charge is 0.348 e. The molecule has 0 aliphatic heterocycles. The molecule has 0 spiro atoms. The standard InChI is InChI=1S/C21H18N4O4/c26-20(23-18-6-8-19(9-7-18)25(28)29)15-24-12-10-17(11-13-24)21(27)22-14-16-4-2-1-3-5-16/h1-13H,14-15H2,(H-,22,23,26,27)/p+1. The molecule has 8 heteroatoms. The normalized spacial score (nSPS) is 10.2. The molecule has 0 radical (unpaired) electrons. The predicted octanol–water partition coefficient (Wildman–Crippen LogP) is 2.45. The third-order valence-electron chi connectivity index (χ3n) is 4.14. The lowest BCUT2D eigenvalue weighted by Gasteiger charge is -2.05. The van der Waals surface area contributed by atoms with Crippen LogP contribution in [0.4, 0.5) is 11.4 Å². The van der Waals surface area contributed by atoms with Gasteiger partial charge in [-0.25, -0.2) is 0 Å². The van der Waals surface area contributed by atoms with E-state index in [9.17, 15) is 19.7 Å². The van der Waals surface area contributed by atoms with Crippen LogP contribution in [0, 0.1) is 10.1 Å². The molecule has 1 heterocycles. The van der Waals surface area contributed by atoms with Gasteiger partial charge in [-0.3, -0.25) is 19.7 Å². The highest BCUT2D eigenvalue weighted by Crippen LogP contribution is 2.15. The molecule has 0 atom stereocenters. The summed E-state index contributed by atoms with van der Waals surface area (Å²) in [4.78, 5) is 34.5. The number of hydrogen-bond acceptors (Lipinski definition) is 4. The van der Waals surface area contributed by atoms with E-state index in [-0.39, 0.29) is 24.0 Å². The highest BCUT2D eigenvalue weighted by Gasteiger charge is 2.13. The van der Waals surface area contributed by atoms with Gasteiger partial charge in [-0.05, 0) is 17.7 Å². The lowest BCUT2D eigenvalue weighted by atomic mass is 10.2. The summed E-state index contributed by atoms with van der Waals surface area (Å²) in [6.45, 7) is 0.481. The second-order valence-electron chi connectivity index (χ2n) is 6.28. The molecule has 0 fully saturated rings. The summed E-state index contributed by atoms with van der Waals surface area (Å²) in [6.07, 6.45) is 3.29. The number of carbonyl (C=O) groups excluding carboxylic acids is 2. The number of nitro benzene ring substituents is 1. The number of nitro groups is 1. The van der Waals surface area contributed by atoms with E-state index in [4.69, 9.17) is 0 Å². The first-order valence-electron chi connectivity index (χ1n) is 8.87. The minimum absolute atomic E-state index is 0.0431. The maximum Gasteiger partial charge on any atom is 0.290 e. The first-order chi connectivity index (χ1) is 14.0. The van der Waals surface area contributed by atoms with Gasteiger partial charge in [-0.1, -0.05) is 30.3 Å². The quantitative estimate of drug-likeness (QED) is 0.367. The molecule has 3 rings (SSSR count). The lowest BCUT2D eigenvalue weighted by molar-refractivity contribution is -0.684. The predicted molar refractivity (Wildman–Crippen MR) is 106 cm³/mol. The number of benzene rings is 2. The van der Waals surface area contributed by atoms with Gasteiger partial charge in [0.1, 0.15) is 0 Å². The second kappa shape index (κ2) is 9.23. The van der Waals surface area contributed by atoms with Gasteiger partial charge in [0.05, 0.1) is 10.5 Å². The molecule has 0 saturated heterocycles. The molecule has 0 aliphatic rings. The Balaban J connectivity index is 1.52. The number of aromatic nitrogens is 1. The zero-order chi connectivity index (χ0) is 20.6. The molecule has 2 amide bonds. The maximum atomic E-state index is 12.2. The fourth-order valence-corrected chi connectivity index (χ4v) is 2.63. The van der Waals surface area contributed by atoms with Gasteiger partial charge < -0.3 is 10.6 Å². The number of non-ortho nitro benzene ring substituents is 1. The van der Waals surface area contributed by atoms with Crippen LogP contribution in [0.15, 0.2) is 79.1 Å². The van der Waals surface area contributed by atoms with E-state index in [1.807, 2.05) is 30.3 Å². The van der Waals surface area contributed by atoms with Crippen LogP contribution in [-0.2, 0) is 17.9 Å². The van der Waals surface area contributed by atoms with Crippen molar-refractivity contribution in [2.45, 2.75) is 13.1 Å². The van der Waals surface area contributed by atoms with Crippen molar-refractivity contribution < 1.29 is 19.1 Å². The van der Waals surface area contributed by atoms with Gasteiger partial charge in [0.25, 0.3) is 17.5 Å². The van der Waals surface area contributed by atoms with Gasteiger partial charge in [0.15, 0.2) is 12.4 Å². The molecule has 0 unspecified atom stereocenters. The van der Waals surface area contributed by atoms with Gasteiger partial charge >= 0.3 is 0 Å². The Morgan fingerprint density at radius 1 is 0.931 bits per heavy atom. The molecule has 2 aromatic carbocycles. The van der Waals surface area contributed by atoms with E-state index in [1.165, 1.54) is 24.3 Å². The van der Waals surface area contributed by atoms with Crippen LogP contribution in [0.3, 0.4) is 0 Å². The molecule has 3 aromatic rings. The third-order valence-corrected chi connectivity index (χ3v) is 4.14. The highest BCUT2D eigenvalue weighted by molar-refractivity contribution is 5.94. The Labute approximate surface area is 167 Å². The molecule has 8 nitrogen and oxygen atoms in total. The average molecular weight is 391 g/mol. The number of pyridine rings is 1. The van der Waals surface area contributed by atoms with Crippen molar-refractivity contribution in [1.82, 2.24) is 5.32 Å². The van der Waals surface area contributed by atoms with Crippen molar-refractivity contribution in [3.8, 4) is 0 Å². The summed E-state index contributed by atoms with van der Waals surface area (Å²) in [5.41, 5.74) is 1.93. The molecular weight excluding hydrogens is 372 g/mol. The molecule has 0 bridgehead atoms. The number of hydrogen-bond donors (Lipinski definition) is 2. The van der Waals surface area contributed by atoms with Crippen molar-refractivity contribution >= 4 is 23.2 Å². The zero-order valence-electron chi connectivity index (χ0n) is 15.4. The summed E-state index contributed by atoms with van der Waals surface area (Å²) < 4.78 is 1.63. The van der Waals surface area contributed by atoms with Crippen LogP contribution in [0.2, 0.25) is 0 Å². The van der Waals surface area contributed by atoms with Gasteiger partial charge in [0, 0.05) is 36.5 Å². The van der Waals surface area contributed by atoms with E-state index in [0.29, 0.717) is 17.8 Å². The number of rotatable bonds is 7. The van der Waals surface area contributed by atoms with Crippen LogP contribution in [0.25, 0.3) is 0 Å². The summed E-state index contributed by atoms with van der Waals surface area (Å²) in [7, 11) is 0. The molecule has 0 saturated carbocycles. The molecule has 0 aliphatic carbocycles. The zero-order valence-corrected chi connectivity index (χ0v) is 15.4. The minimum Gasteiger partial charge on any atom is -0.348 e. The minimum atomic E-state index is -0.501. The molecule has 146 valence electrons. The molecule has 29 heavy (non-hydrogen) atoms. The summed E-state index contributed by atoms with van der Waals surface area (Å²) in [6, 6.07) is 18.5. The monoisotopic (exact) mass is 391 g/mol. The van der Waals surface area contributed by atoms with E-state index in [1.54, 1.807) is 29.1 Å². The first-order valence-corrected chi connectivity index (χ1v) is 8.87. The fourth-order valence-electron chi connectivity index (χ4n) is 2.63. The van der Waals surface area contributed by atoms with Crippen molar-refractivity contribution in [2.75, 3.05) is 5.32 Å². The van der Waals surface area contributed by atoms with Crippen molar-refractivity contribution in [1.29, 1.82) is 0 Å². The number of amides is 2. The highest BCUT2D eigenvalue weighted by atomic mass is 16.6. The summed E-state index contributed by atoms with van der Waals surface area (Å²) in [5, 5.41) is 16.2. The SMILES string of the molecule is O=C(C[n+]1ccc(C(=O)NCc2ccccc2)cc1)Nc1ccc([N+](=O)[O-])cc1. The molecular formula is C21H19N4O4+. The number of nitrogens with zero attached hydrogens (tertiary/aromatic N) is 2. The maximum absolute atomic E-state index is 12.2. The third kappa shape index (κ3) is 5.70. The average Bonchev–Trinajstić information content (AvgIpc) is 2.73. The van der Waals surface area contributed by atoms with Crippen LogP contribution in [0.1, 0.15) is 15.9 Å². The molecule has 2 N–H and O–H groups in total. The van der Waals surface area contributed by atoms with E-state index in [0.717, 1.165) is 5.56 Å². The van der Waals surface area contributed by atoms with Crippen molar-refractivity contribution in [3.05, 3.63) is 100 Å². The van der Waals surface area contributed by atoms with Crippen LogP contribution in [-0.4, -0.2) is 16.7 Å². The van der Waals surface area contributed by atoms with Gasteiger partial charge in [-0.15, -0.1) is 0 Å². The Hall–Kier alpha value is -4.07. The lowest BCUT2D eigenvalue weighted by Crippen LogP contribution is -2.40. The van der Waals surface area contributed by atoms with E-state index >= 15 is 0 Å². The van der Waals surface area contributed by atoms with Gasteiger partial charge in [0.2, 0.25) is 6.54 Å². The fraction of sp³-hybridized carbons (Fsp3) is 0.0952. The van der Waals surface area contributed by atoms with Gasteiger partial charge in [-0.2, -0.15) is 4.57 Å².